The predicted octanol–water partition coefficient (Wildman–Crippen LogP) is 5.52. The largest absolute Gasteiger partial charge is 0.508 e. The van der Waals surface area contributed by atoms with E-state index in [-0.39, 0.29) is 0 Å². The van der Waals surface area contributed by atoms with Crippen LogP contribution >= 0.6 is 0 Å². The van der Waals surface area contributed by atoms with Crippen LogP contribution in [0.4, 0.5) is 0 Å². The zero-order chi connectivity index (χ0) is 14.1. The van der Waals surface area contributed by atoms with Crippen LogP contribution in [-0.4, -0.2) is 5.11 Å². The number of rotatable bonds is 5. The lowest BCUT2D eigenvalue weighted by Gasteiger charge is -2.21. The molecule has 104 valence electrons. The van der Waals surface area contributed by atoms with E-state index in [1.165, 1.54) is 18.4 Å². The second-order valence-electron chi connectivity index (χ2n) is 4.88. The molecule has 1 atom stereocenters. The van der Waals surface area contributed by atoms with E-state index in [4.69, 9.17) is 0 Å². The van der Waals surface area contributed by atoms with Gasteiger partial charge in [-0.3, -0.25) is 0 Å². The van der Waals surface area contributed by atoms with Crippen LogP contribution in [0.2, 0.25) is 0 Å². The Labute approximate surface area is 113 Å². The van der Waals surface area contributed by atoms with Gasteiger partial charge in [-0.1, -0.05) is 60.1 Å². The summed E-state index contributed by atoms with van der Waals surface area (Å²) >= 11 is 0. The molecule has 1 aromatic rings. The van der Waals surface area contributed by atoms with Crippen molar-refractivity contribution in [2.45, 2.75) is 66.7 Å². The number of benzene rings is 1. The molecular weight excluding hydrogens is 220 g/mol. The summed E-state index contributed by atoms with van der Waals surface area (Å²) in [6.45, 7) is 12.9. The summed E-state index contributed by atoms with van der Waals surface area (Å²) < 4.78 is 0. The molecule has 1 N–H and O–H groups in total. The Kier molecular flexibility index (Phi) is 8.53. The first kappa shape index (κ1) is 17.0. The first-order valence-electron chi connectivity index (χ1n) is 7.41. The molecule has 0 fully saturated rings. The summed E-state index contributed by atoms with van der Waals surface area (Å²) in [4.78, 5) is 0. The third-order valence-corrected chi connectivity index (χ3v) is 3.32. The Morgan fingerprint density at radius 1 is 1.11 bits per heavy atom. The molecule has 1 unspecified atom stereocenters. The molecule has 0 aromatic heterocycles. The molecule has 1 nitrogen and oxygen atoms in total. The summed E-state index contributed by atoms with van der Waals surface area (Å²) in [6.07, 6.45) is 3.34. The van der Waals surface area contributed by atoms with Crippen molar-refractivity contribution in [1.82, 2.24) is 0 Å². The van der Waals surface area contributed by atoms with Gasteiger partial charge in [0, 0.05) is 0 Å². The average molecular weight is 250 g/mol. The third-order valence-electron chi connectivity index (χ3n) is 3.32. The minimum Gasteiger partial charge on any atom is -0.508 e. The van der Waals surface area contributed by atoms with Crippen molar-refractivity contribution in [3.05, 3.63) is 29.3 Å². The monoisotopic (exact) mass is 250 g/mol. The fourth-order valence-electron chi connectivity index (χ4n) is 2.32. The maximum absolute atomic E-state index is 9.69. The van der Waals surface area contributed by atoms with Crippen LogP contribution in [0.5, 0.6) is 5.75 Å². The molecule has 0 bridgehead atoms. The SMILES string of the molecule is CC.CCCC(c1ccc(O)c(CC)c1)C(C)C. The van der Waals surface area contributed by atoms with Gasteiger partial charge in [0.1, 0.15) is 5.75 Å². The van der Waals surface area contributed by atoms with Crippen LogP contribution in [0.15, 0.2) is 18.2 Å². The second-order valence-corrected chi connectivity index (χ2v) is 4.88. The predicted molar refractivity (Wildman–Crippen MR) is 81.3 cm³/mol. The summed E-state index contributed by atoms with van der Waals surface area (Å²) in [6, 6.07) is 6.10. The number of aromatic hydroxyl groups is 1. The fourth-order valence-corrected chi connectivity index (χ4v) is 2.32. The number of hydrogen-bond acceptors (Lipinski definition) is 1. The molecule has 0 aliphatic rings. The molecule has 0 aliphatic carbocycles. The van der Waals surface area contributed by atoms with Gasteiger partial charge in [-0.2, -0.15) is 0 Å². The van der Waals surface area contributed by atoms with E-state index in [9.17, 15) is 5.11 Å². The fraction of sp³-hybridized carbons (Fsp3) is 0.647. The van der Waals surface area contributed by atoms with Crippen LogP contribution in [0.3, 0.4) is 0 Å². The lowest BCUT2D eigenvalue weighted by atomic mass is 9.84. The quantitative estimate of drug-likeness (QED) is 0.729. The lowest BCUT2D eigenvalue weighted by molar-refractivity contribution is 0.455. The Morgan fingerprint density at radius 2 is 1.72 bits per heavy atom. The van der Waals surface area contributed by atoms with Gasteiger partial charge in [0.2, 0.25) is 0 Å². The number of hydrogen-bond donors (Lipinski definition) is 1. The van der Waals surface area contributed by atoms with Crippen molar-refractivity contribution in [2.75, 3.05) is 0 Å². The zero-order valence-electron chi connectivity index (χ0n) is 13.0. The van der Waals surface area contributed by atoms with Crippen LogP contribution < -0.4 is 0 Å². The van der Waals surface area contributed by atoms with Crippen molar-refractivity contribution in [2.24, 2.45) is 5.92 Å². The Morgan fingerprint density at radius 3 is 2.17 bits per heavy atom. The van der Waals surface area contributed by atoms with Crippen molar-refractivity contribution in [3.63, 3.8) is 0 Å². The highest BCUT2D eigenvalue weighted by molar-refractivity contribution is 5.37. The smallest absolute Gasteiger partial charge is 0.118 e. The van der Waals surface area contributed by atoms with Gasteiger partial charge in [-0.25, -0.2) is 0 Å². The van der Waals surface area contributed by atoms with Crippen LogP contribution in [0.1, 0.15) is 71.4 Å². The minimum absolute atomic E-state index is 0.435. The summed E-state index contributed by atoms with van der Waals surface area (Å²) in [5.74, 6) is 1.72. The molecule has 0 saturated heterocycles. The lowest BCUT2D eigenvalue weighted by Crippen LogP contribution is -2.07. The maximum atomic E-state index is 9.69. The highest BCUT2D eigenvalue weighted by Gasteiger charge is 2.15. The normalized spacial score (nSPS) is 11.9. The summed E-state index contributed by atoms with van der Waals surface area (Å²) in [5, 5.41) is 9.69. The minimum atomic E-state index is 0.435. The van der Waals surface area contributed by atoms with Crippen LogP contribution in [0.25, 0.3) is 0 Å². The van der Waals surface area contributed by atoms with E-state index in [2.05, 4.69) is 39.8 Å². The molecule has 0 radical (unpaired) electrons. The first-order valence-corrected chi connectivity index (χ1v) is 7.41. The second kappa shape index (κ2) is 9.02. The molecule has 18 heavy (non-hydrogen) atoms. The standard InChI is InChI=1S/C15H24O.C2H6/c1-5-7-14(11(3)4)13-8-9-15(16)12(6-2)10-13;1-2/h8-11,14,16H,5-7H2,1-4H3;1-2H3. The Bertz CT molecular complexity index is 328. The Balaban J connectivity index is 0.00000137. The molecule has 1 rings (SSSR count). The first-order chi connectivity index (χ1) is 8.60. The number of phenols is 1. The van der Waals surface area contributed by atoms with Gasteiger partial charge in [-0.05, 0) is 41.9 Å². The Hall–Kier alpha value is -0.980. The van der Waals surface area contributed by atoms with Crippen LogP contribution in [-0.2, 0) is 6.42 Å². The van der Waals surface area contributed by atoms with Crippen LogP contribution in [0, 0.1) is 5.92 Å². The van der Waals surface area contributed by atoms with E-state index < -0.39 is 0 Å². The third kappa shape index (κ3) is 4.72. The summed E-state index contributed by atoms with van der Waals surface area (Å²) in [7, 11) is 0. The molecule has 1 heteroatoms. The molecule has 0 aliphatic heterocycles. The average Bonchev–Trinajstić information content (AvgIpc) is 2.39. The van der Waals surface area contributed by atoms with Gasteiger partial charge in [0.15, 0.2) is 0 Å². The van der Waals surface area contributed by atoms with Gasteiger partial charge in [-0.15, -0.1) is 0 Å². The van der Waals surface area contributed by atoms with Gasteiger partial charge in [0.05, 0.1) is 0 Å². The molecule has 0 amide bonds. The molecule has 0 heterocycles. The van der Waals surface area contributed by atoms with Gasteiger partial charge in [0.25, 0.3) is 0 Å². The molecule has 0 spiro atoms. The molecular formula is C17H30O. The van der Waals surface area contributed by atoms with Gasteiger partial charge < -0.3 is 5.11 Å². The van der Waals surface area contributed by atoms with Gasteiger partial charge >= 0.3 is 0 Å². The molecule has 1 aromatic carbocycles. The summed E-state index contributed by atoms with van der Waals surface area (Å²) in [5.41, 5.74) is 2.45. The number of phenolic OH excluding ortho intramolecular Hbond substituents is 1. The van der Waals surface area contributed by atoms with E-state index in [0.29, 0.717) is 17.6 Å². The number of aryl methyl sites for hydroxylation is 1. The maximum Gasteiger partial charge on any atom is 0.118 e. The zero-order valence-corrected chi connectivity index (χ0v) is 13.0. The van der Waals surface area contributed by atoms with Crippen molar-refractivity contribution in [3.8, 4) is 5.75 Å². The highest BCUT2D eigenvalue weighted by Crippen LogP contribution is 2.31. The highest BCUT2D eigenvalue weighted by atomic mass is 16.3. The van der Waals surface area contributed by atoms with E-state index in [0.717, 1.165) is 12.0 Å². The van der Waals surface area contributed by atoms with Crippen molar-refractivity contribution in [1.29, 1.82) is 0 Å². The van der Waals surface area contributed by atoms with Crippen molar-refractivity contribution < 1.29 is 5.11 Å². The molecule has 0 saturated carbocycles. The van der Waals surface area contributed by atoms with E-state index >= 15 is 0 Å². The van der Waals surface area contributed by atoms with Crippen molar-refractivity contribution >= 4 is 0 Å². The topological polar surface area (TPSA) is 20.2 Å². The van der Waals surface area contributed by atoms with E-state index in [1.807, 2.05) is 19.9 Å². The van der Waals surface area contributed by atoms with E-state index in [1.54, 1.807) is 0 Å².